The maximum Gasteiger partial charge on any atom is -0.0134 e. The van der Waals surface area contributed by atoms with E-state index in [1.807, 2.05) is 0 Å². The normalized spacial score (nSPS) is 46.3. The van der Waals surface area contributed by atoms with Crippen molar-refractivity contribution in [3.05, 3.63) is 48.6 Å². The molecule has 5 aliphatic rings. The zero-order valence-electron chi connectivity index (χ0n) is 14.2. The van der Waals surface area contributed by atoms with Gasteiger partial charge < -0.3 is 0 Å². The van der Waals surface area contributed by atoms with E-state index in [9.17, 15) is 0 Å². The summed E-state index contributed by atoms with van der Waals surface area (Å²) < 4.78 is 0. The lowest BCUT2D eigenvalue weighted by molar-refractivity contribution is 0.0414. The van der Waals surface area contributed by atoms with Crippen LogP contribution in [0.5, 0.6) is 0 Å². The fourth-order valence-electron chi connectivity index (χ4n) is 7.30. The lowest BCUT2D eigenvalue weighted by Crippen LogP contribution is -2.40. The first kappa shape index (κ1) is 14.3. The zero-order valence-corrected chi connectivity index (χ0v) is 14.2. The predicted octanol–water partition coefficient (Wildman–Crippen LogP) is 6.08. The van der Waals surface area contributed by atoms with Gasteiger partial charge in [-0.2, -0.15) is 0 Å². The van der Waals surface area contributed by atoms with Gasteiger partial charge in [-0.05, 0) is 79.4 Å². The molecule has 0 aromatic rings. The van der Waals surface area contributed by atoms with Crippen molar-refractivity contribution in [3.63, 3.8) is 0 Å². The Morgan fingerprint density at radius 3 is 1.57 bits per heavy atom. The minimum absolute atomic E-state index is 0.657. The van der Waals surface area contributed by atoms with Gasteiger partial charge in [0.15, 0.2) is 0 Å². The van der Waals surface area contributed by atoms with E-state index >= 15 is 0 Å². The Bertz CT molecular complexity index is 523. The van der Waals surface area contributed by atoms with Crippen LogP contribution in [0.1, 0.15) is 51.4 Å². The van der Waals surface area contributed by atoms with Crippen LogP contribution in [0.4, 0.5) is 0 Å². The summed E-state index contributed by atoms with van der Waals surface area (Å²) in [7, 11) is 0. The molecule has 0 aromatic carbocycles. The Hall–Kier alpha value is -1.04. The molecule has 3 saturated carbocycles. The number of fused-ring (bicyclic) bond motifs is 2. The van der Waals surface area contributed by atoms with Crippen LogP contribution in [0.2, 0.25) is 0 Å². The van der Waals surface area contributed by atoms with Crippen molar-refractivity contribution in [2.75, 3.05) is 0 Å². The van der Waals surface area contributed by atoms with Crippen molar-refractivity contribution >= 4 is 0 Å². The highest BCUT2D eigenvalue weighted by molar-refractivity contribution is 5.23. The molecule has 6 unspecified atom stereocenters. The van der Waals surface area contributed by atoms with Gasteiger partial charge in [-0.15, -0.1) is 0 Å². The predicted molar refractivity (Wildman–Crippen MR) is 96.9 cm³/mol. The second-order valence-electron chi connectivity index (χ2n) is 8.83. The van der Waals surface area contributed by atoms with Crippen LogP contribution < -0.4 is 0 Å². The molecule has 122 valence electrons. The summed E-state index contributed by atoms with van der Waals surface area (Å²) in [5, 5.41) is 0. The summed E-state index contributed by atoms with van der Waals surface area (Å²) >= 11 is 0. The highest BCUT2D eigenvalue weighted by atomic mass is 14.6. The van der Waals surface area contributed by atoms with Crippen molar-refractivity contribution < 1.29 is 0 Å². The van der Waals surface area contributed by atoms with E-state index in [1.54, 1.807) is 0 Å². The average molecular weight is 306 g/mol. The van der Waals surface area contributed by atoms with E-state index in [-0.39, 0.29) is 0 Å². The van der Waals surface area contributed by atoms with Crippen LogP contribution in [0, 0.1) is 40.9 Å². The largest absolute Gasteiger partial charge is 0.0808 e. The molecule has 0 nitrogen and oxygen atoms in total. The second kappa shape index (κ2) is 5.50. The summed E-state index contributed by atoms with van der Waals surface area (Å²) in [5.41, 5.74) is 0.657. The molecule has 23 heavy (non-hydrogen) atoms. The number of rotatable bonds is 2. The summed E-state index contributed by atoms with van der Waals surface area (Å²) in [6, 6.07) is 0. The molecule has 0 spiro atoms. The van der Waals surface area contributed by atoms with E-state index in [0.717, 1.165) is 35.5 Å². The van der Waals surface area contributed by atoms with E-state index < -0.39 is 0 Å². The third-order valence-electron chi connectivity index (χ3n) is 8.16. The highest BCUT2D eigenvalue weighted by Crippen LogP contribution is 2.64. The third kappa shape index (κ3) is 2.10. The maximum absolute atomic E-state index is 2.57. The highest BCUT2D eigenvalue weighted by Gasteiger charge is 2.55. The fraction of sp³-hybridized carbons (Fsp3) is 0.652. The molecule has 3 fully saturated rings. The van der Waals surface area contributed by atoms with Gasteiger partial charge in [-0.3, -0.25) is 0 Å². The van der Waals surface area contributed by atoms with E-state index in [1.165, 1.54) is 51.4 Å². The van der Waals surface area contributed by atoms with E-state index in [4.69, 9.17) is 0 Å². The van der Waals surface area contributed by atoms with Gasteiger partial charge in [-0.1, -0.05) is 61.4 Å². The minimum Gasteiger partial charge on any atom is -0.0808 e. The van der Waals surface area contributed by atoms with Gasteiger partial charge >= 0.3 is 0 Å². The average Bonchev–Trinajstić information content (AvgIpc) is 3.32. The monoisotopic (exact) mass is 306 g/mol. The van der Waals surface area contributed by atoms with Crippen LogP contribution in [-0.4, -0.2) is 0 Å². The van der Waals surface area contributed by atoms with Crippen molar-refractivity contribution in [3.8, 4) is 0 Å². The van der Waals surface area contributed by atoms with Gasteiger partial charge in [-0.25, -0.2) is 0 Å². The first-order chi connectivity index (χ1) is 11.4. The molecule has 6 atom stereocenters. The Morgan fingerprint density at radius 1 is 0.565 bits per heavy atom. The first-order valence-corrected chi connectivity index (χ1v) is 10.1. The molecule has 0 aromatic heterocycles. The zero-order chi connectivity index (χ0) is 15.3. The van der Waals surface area contributed by atoms with Crippen molar-refractivity contribution in [1.29, 1.82) is 0 Å². The number of allylic oxidation sites excluding steroid dienone is 8. The summed E-state index contributed by atoms with van der Waals surface area (Å²) in [5.74, 6) is 5.31. The molecule has 5 rings (SSSR count). The SMILES string of the molecule is C1=CC2CCC(C3(C4CCC5C=CC=CC54)CCCC3)C2C=C1. The topological polar surface area (TPSA) is 0 Å². The molecule has 5 aliphatic carbocycles. The molecular formula is C23H30. The Morgan fingerprint density at radius 2 is 1.04 bits per heavy atom. The summed E-state index contributed by atoms with van der Waals surface area (Å²) in [4.78, 5) is 0. The van der Waals surface area contributed by atoms with Gasteiger partial charge in [0.1, 0.15) is 0 Å². The fourth-order valence-corrected chi connectivity index (χ4v) is 7.30. The number of hydrogen-bond donors (Lipinski definition) is 0. The van der Waals surface area contributed by atoms with Crippen molar-refractivity contribution in [2.45, 2.75) is 51.4 Å². The van der Waals surface area contributed by atoms with Crippen molar-refractivity contribution in [1.82, 2.24) is 0 Å². The van der Waals surface area contributed by atoms with Gasteiger partial charge in [0.2, 0.25) is 0 Å². The van der Waals surface area contributed by atoms with Crippen molar-refractivity contribution in [2.24, 2.45) is 40.9 Å². The summed E-state index contributed by atoms with van der Waals surface area (Å²) in [6.07, 6.45) is 31.3. The van der Waals surface area contributed by atoms with Crippen LogP contribution in [0.15, 0.2) is 48.6 Å². The maximum atomic E-state index is 2.57. The Kier molecular flexibility index (Phi) is 3.42. The lowest BCUT2D eigenvalue weighted by atomic mass is 9.58. The molecule has 0 bridgehead atoms. The van der Waals surface area contributed by atoms with Crippen LogP contribution in [0.3, 0.4) is 0 Å². The van der Waals surface area contributed by atoms with Gasteiger partial charge in [0, 0.05) is 0 Å². The van der Waals surface area contributed by atoms with E-state index in [2.05, 4.69) is 48.6 Å². The first-order valence-electron chi connectivity index (χ1n) is 10.1. The van der Waals surface area contributed by atoms with E-state index in [0.29, 0.717) is 5.41 Å². The number of hydrogen-bond acceptors (Lipinski definition) is 0. The Balaban J connectivity index is 1.49. The molecule has 0 heterocycles. The summed E-state index contributed by atoms with van der Waals surface area (Å²) in [6.45, 7) is 0. The molecule has 0 amide bonds. The molecular weight excluding hydrogens is 276 g/mol. The quantitative estimate of drug-likeness (QED) is 0.579. The molecule has 0 N–H and O–H groups in total. The molecule has 0 saturated heterocycles. The van der Waals surface area contributed by atoms with Crippen LogP contribution >= 0.6 is 0 Å². The molecule has 0 radical (unpaired) electrons. The smallest absolute Gasteiger partial charge is 0.0134 e. The second-order valence-corrected chi connectivity index (χ2v) is 8.83. The third-order valence-corrected chi connectivity index (χ3v) is 8.16. The molecule has 0 aliphatic heterocycles. The lowest BCUT2D eigenvalue weighted by Gasteiger charge is -2.46. The van der Waals surface area contributed by atoms with Crippen LogP contribution in [0.25, 0.3) is 0 Å². The van der Waals surface area contributed by atoms with Gasteiger partial charge in [0.05, 0.1) is 0 Å². The Labute approximate surface area is 141 Å². The standard InChI is InChI=1S/C23H30/c1-3-9-19-17(7-1)11-13-21(19)23(15-5-6-16-23)22-14-12-18-8-2-4-10-20(18)22/h1-4,7-10,17-22H,5-6,11-16H2. The minimum atomic E-state index is 0.657. The van der Waals surface area contributed by atoms with Gasteiger partial charge in [0.25, 0.3) is 0 Å². The molecule has 0 heteroatoms. The van der Waals surface area contributed by atoms with Crippen LogP contribution in [-0.2, 0) is 0 Å².